The smallest absolute Gasteiger partial charge is 0.393 e. The van der Waals surface area contributed by atoms with Gasteiger partial charge in [0.15, 0.2) is 0 Å². The Balaban J connectivity index is 4.34. The van der Waals surface area contributed by atoms with Crippen molar-refractivity contribution in [2.45, 2.75) is 212 Å². The van der Waals surface area contributed by atoms with Gasteiger partial charge in [-0.15, -0.1) is 0 Å². The first-order valence-electron chi connectivity index (χ1n) is 20.4. The zero-order chi connectivity index (χ0) is 36.3. The van der Waals surface area contributed by atoms with E-state index in [9.17, 15) is 24.5 Å². The van der Waals surface area contributed by atoms with Crippen LogP contribution in [0.1, 0.15) is 194 Å². The molecule has 4 atom stereocenters. The molecular weight excluding hydrogens is 639 g/mol. The van der Waals surface area contributed by atoms with Crippen LogP contribution in [0.15, 0.2) is 12.2 Å². The van der Waals surface area contributed by atoms with Crippen molar-refractivity contribution in [1.82, 2.24) is 5.32 Å². The molecule has 0 saturated carbocycles. The largest absolute Gasteiger partial charge is 0.472 e. The van der Waals surface area contributed by atoms with Gasteiger partial charge in [0.1, 0.15) is 0 Å². The van der Waals surface area contributed by atoms with Gasteiger partial charge in [-0.1, -0.05) is 161 Å². The van der Waals surface area contributed by atoms with Crippen LogP contribution in [0.4, 0.5) is 0 Å². The zero-order valence-electron chi connectivity index (χ0n) is 31.8. The molecule has 0 heterocycles. The van der Waals surface area contributed by atoms with E-state index in [1.807, 2.05) is 0 Å². The molecule has 4 unspecified atom stereocenters. The highest BCUT2D eigenvalue weighted by atomic mass is 31.2. The summed E-state index contributed by atoms with van der Waals surface area (Å²) in [6, 6.07) is -0.900. The first-order chi connectivity index (χ1) is 23.8. The van der Waals surface area contributed by atoms with Crippen molar-refractivity contribution in [1.29, 1.82) is 0 Å². The van der Waals surface area contributed by atoms with E-state index in [0.29, 0.717) is 12.8 Å². The van der Waals surface area contributed by atoms with Crippen molar-refractivity contribution in [2.75, 3.05) is 19.8 Å². The Hall–Kier alpha value is -0.800. The standard InChI is InChI=1S/C39H79N2O7P/c1-3-5-7-9-11-13-15-16-17-18-19-21-23-25-27-29-31-38(43)37(35-48-49(45,46)47-33-32-40)41-39(44)34-36(42)30-28-26-24-22-20-14-12-10-8-6-4-2/h22,24,36-38,42-43H,3-21,23,25-35,40H2,1-2H3,(H,41,44)(H,45,46)/b24-22-. The highest BCUT2D eigenvalue weighted by Gasteiger charge is 2.28. The highest BCUT2D eigenvalue weighted by Crippen LogP contribution is 2.43. The fourth-order valence-corrected chi connectivity index (χ4v) is 6.82. The maximum Gasteiger partial charge on any atom is 0.472 e. The number of amides is 1. The lowest BCUT2D eigenvalue weighted by Crippen LogP contribution is -2.47. The second-order valence-corrected chi connectivity index (χ2v) is 15.5. The van der Waals surface area contributed by atoms with Crippen LogP contribution in [0.3, 0.4) is 0 Å². The number of phosphoric ester groups is 1. The summed E-state index contributed by atoms with van der Waals surface area (Å²) in [7, 11) is -4.37. The Morgan fingerprint density at radius 1 is 0.673 bits per heavy atom. The number of carbonyl (C=O) groups is 1. The number of unbranched alkanes of at least 4 members (excludes halogenated alkanes) is 22. The first kappa shape index (κ1) is 48.2. The van der Waals surface area contributed by atoms with Crippen molar-refractivity contribution in [3.05, 3.63) is 12.2 Å². The van der Waals surface area contributed by atoms with Gasteiger partial charge in [-0.25, -0.2) is 4.57 Å². The van der Waals surface area contributed by atoms with E-state index in [1.165, 1.54) is 122 Å². The van der Waals surface area contributed by atoms with Gasteiger partial charge in [-0.2, -0.15) is 0 Å². The summed E-state index contributed by atoms with van der Waals surface area (Å²) in [6.45, 7) is 4.02. The summed E-state index contributed by atoms with van der Waals surface area (Å²) < 4.78 is 22.1. The van der Waals surface area contributed by atoms with Gasteiger partial charge >= 0.3 is 7.82 Å². The van der Waals surface area contributed by atoms with E-state index >= 15 is 0 Å². The number of nitrogens with one attached hydrogen (secondary N) is 1. The lowest BCUT2D eigenvalue weighted by molar-refractivity contribution is -0.125. The van der Waals surface area contributed by atoms with Crippen LogP contribution in [0, 0.1) is 0 Å². The van der Waals surface area contributed by atoms with Gasteiger partial charge in [-0.05, 0) is 38.5 Å². The van der Waals surface area contributed by atoms with Crippen LogP contribution >= 0.6 is 7.82 Å². The monoisotopic (exact) mass is 719 g/mol. The molecule has 0 aromatic carbocycles. The Labute approximate surface area is 301 Å². The number of hydrogen-bond acceptors (Lipinski definition) is 7. The van der Waals surface area contributed by atoms with Gasteiger partial charge in [0, 0.05) is 6.54 Å². The zero-order valence-corrected chi connectivity index (χ0v) is 32.7. The summed E-state index contributed by atoms with van der Waals surface area (Å²) in [4.78, 5) is 22.7. The van der Waals surface area contributed by atoms with E-state index in [1.54, 1.807) is 0 Å². The van der Waals surface area contributed by atoms with Crippen LogP contribution in [-0.2, 0) is 18.4 Å². The second-order valence-electron chi connectivity index (χ2n) is 14.0. The molecule has 0 aliphatic rings. The molecule has 0 aromatic rings. The Morgan fingerprint density at radius 3 is 1.61 bits per heavy atom. The van der Waals surface area contributed by atoms with Crippen molar-refractivity contribution in [2.24, 2.45) is 5.73 Å². The number of carbonyl (C=O) groups excluding carboxylic acids is 1. The summed E-state index contributed by atoms with van der Waals surface area (Å²) in [5.41, 5.74) is 5.36. The maximum atomic E-state index is 12.8. The summed E-state index contributed by atoms with van der Waals surface area (Å²) in [5, 5.41) is 24.1. The third kappa shape index (κ3) is 34.1. The molecule has 10 heteroatoms. The molecule has 6 N–H and O–H groups in total. The molecule has 0 radical (unpaired) electrons. The Kier molecular flexibility index (Phi) is 35.0. The normalized spacial score (nSPS) is 15.0. The van der Waals surface area contributed by atoms with E-state index in [0.717, 1.165) is 38.5 Å². The molecule has 0 bridgehead atoms. The van der Waals surface area contributed by atoms with Crippen molar-refractivity contribution < 1.29 is 33.5 Å². The average Bonchev–Trinajstić information content (AvgIpc) is 3.07. The minimum atomic E-state index is -4.37. The van der Waals surface area contributed by atoms with Crippen LogP contribution in [0.5, 0.6) is 0 Å². The number of rotatable bonds is 38. The fraction of sp³-hybridized carbons (Fsp3) is 0.923. The predicted octanol–water partition coefficient (Wildman–Crippen LogP) is 9.80. The molecule has 0 aliphatic carbocycles. The van der Waals surface area contributed by atoms with Gasteiger partial charge < -0.3 is 26.2 Å². The van der Waals surface area contributed by atoms with E-state index in [2.05, 4.69) is 31.3 Å². The third-order valence-corrected chi connectivity index (χ3v) is 10.2. The number of aliphatic hydroxyl groups is 2. The van der Waals surface area contributed by atoms with E-state index in [4.69, 9.17) is 14.8 Å². The molecule has 0 aliphatic heterocycles. The number of nitrogens with two attached hydrogens (primary N) is 1. The molecule has 0 spiro atoms. The van der Waals surface area contributed by atoms with Crippen LogP contribution in [-0.4, -0.2) is 59.0 Å². The molecule has 9 nitrogen and oxygen atoms in total. The quantitative estimate of drug-likeness (QED) is 0.0240. The van der Waals surface area contributed by atoms with E-state index in [-0.39, 0.29) is 26.2 Å². The van der Waals surface area contributed by atoms with Crippen LogP contribution in [0.25, 0.3) is 0 Å². The maximum absolute atomic E-state index is 12.8. The summed E-state index contributed by atoms with van der Waals surface area (Å²) >= 11 is 0. The SMILES string of the molecule is CCCCCCCC/C=C\CCCC(O)CC(=O)NC(COP(=O)(O)OCCN)C(O)CCCCCCCCCCCCCCCCCC. The predicted molar refractivity (Wildman–Crippen MR) is 204 cm³/mol. The fourth-order valence-electron chi connectivity index (χ4n) is 6.06. The topological polar surface area (TPSA) is 151 Å². The Bertz CT molecular complexity index is 801. The van der Waals surface area contributed by atoms with Crippen molar-refractivity contribution in [3.63, 3.8) is 0 Å². The van der Waals surface area contributed by atoms with Gasteiger partial charge in [0.2, 0.25) is 5.91 Å². The van der Waals surface area contributed by atoms with Gasteiger partial charge in [0.05, 0.1) is 37.9 Å². The average molecular weight is 719 g/mol. The third-order valence-electron chi connectivity index (χ3n) is 9.17. The number of allylic oxidation sites excluding steroid dienone is 2. The number of aliphatic hydroxyl groups excluding tert-OH is 2. The van der Waals surface area contributed by atoms with Crippen LogP contribution in [0.2, 0.25) is 0 Å². The molecule has 0 fully saturated rings. The first-order valence-corrected chi connectivity index (χ1v) is 21.9. The molecule has 1 amide bonds. The molecule has 49 heavy (non-hydrogen) atoms. The number of phosphoric acid groups is 1. The Morgan fingerprint density at radius 2 is 1.12 bits per heavy atom. The molecular formula is C39H79N2O7P. The molecule has 0 saturated heterocycles. The minimum absolute atomic E-state index is 0.0583. The summed E-state index contributed by atoms with van der Waals surface area (Å²) in [6.07, 6.45) is 34.0. The lowest BCUT2D eigenvalue weighted by atomic mass is 10.0. The second kappa shape index (κ2) is 35.6. The van der Waals surface area contributed by atoms with Gasteiger partial charge in [-0.3, -0.25) is 13.8 Å². The number of hydrogen-bond donors (Lipinski definition) is 5. The van der Waals surface area contributed by atoms with Crippen LogP contribution < -0.4 is 11.1 Å². The highest BCUT2D eigenvalue weighted by molar-refractivity contribution is 7.47. The molecule has 0 aromatic heterocycles. The van der Waals surface area contributed by atoms with Crippen molar-refractivity contribution >= 4 is 13.7 Å². The van der Waals surface area contributed by atoms with Crippen molar-refractivity contribution in [3.8, 4) is 0 Å². The summed E-state index contributed by atoms with van der Waals surface area (Å²) in [5.74, 6) is -0.429. The van der Waals surface area contributed by atoms with E-state index < -0.39 is 32.0 Å². The lowest BCUT2D eigenvalue weighted by Gasteiger charge is -2.25. The minimum Gasteiger partial charge on any atom is -0.393 e. The molecule has 0 rings (SSSR count). The molecule has 292 valence electrons. The van der Waals surface area contributed by atoms with Gasteiger partial charge in [0.25, 0.3) is 0 Å².